The molecule has 1 atom stereocenters. The van der Waals surface area contributed by atoms with Gasteiger partial charge in [0.05, 0.1) is 0 Å². The van der Waals surface area contributed by atoms with Crippen LogP contribution in [0.25, 0.3) is 0 Å². The highest BCUT2D eigenvalue weighted by Crippen LogP contribution is 2.16. The van der Waals surface area contributed by atoms with Crippen LogP contribution in [-0.4, -0.2) is 19.1 Å². The van der Waals surface area contributed by atoms with Crippen molar-refractivity contribution in [1.29, 1.82) is 0 Å². The maximum atomic E-state index is 11.4. The molecule has 1 rings (SSSR count). The van der Waals surface area contributed by atoms with Gasteiger partial charge in [-0.05, 0) is 31.0 Å². The van der Waals surface area contributed by atoms with Gasteiger partial charge in [-0.2, -0.15) is 0 Å². The van der Waals surface area contributed by atoms with Gasteiger partial charge in [-0.15, -0.1) is 0 Å². The number of hydrogen-bond donors (Lipinski definition) is 1. The molecule has 1 unspecified atom stereocenters. The first-order chi connectivity index (χ1) is 7.54. The standard InChI is InChI=1S/C12H16ClNO2/c1-8-6-10(4-5-11(8)13)7-14-12(15)9(2)16-3/h4-6,9H,7H2,1-3H3,(H,14,15). The van der Waals surface area contributed by atoms with Gasteiger partial charge in [-0.1, -0.05) is 23.7 Å². The zero-order valence-corrected chi connectivity index (χ0v) is 10.5. The number of carbonyl (C=O) groups excluding carboxylic acids is 1. The number of nitrogens with one attached hydrogen (secondary N) is 1. The van der Waals surface area contributed by atoms with Crippen LogP contribution >= 0.6 is 11.6 Å². The minimum Gasteiger partial charge on any atom is -0.372 e. The molecule has 0 fully saturated rings. The molecule has 0 aliphatic rings. The first kappa shape index (κ1) is 13.0. The molecule has 0 heterocycles. The van der Waals surface area contributed by atoms with Crippen molar-refractivity contribution in [3.05, 3.63) is 34.3 Å². The Labute approximate surface area is 101 Å². The molecule has 1 aromatic carbocycles. The zero-order valence-electron chi connectivity index (χ0n) is 9.71. The molecule has 1 amide bonds. The highest BCUT2D eigenvalue weighted by Gasteiger charge is 2.10. The number of aryl methyl sites for hydroxylation is 1. The lowest BCUT2D eigenvalue weighted by molar-refractivity contribution is -0.130. The third-order valence-corrected chi connectivity index (χ3v) is 2.84. The third-order valence-electron chi connectivity index (χ3n) is 2.41. The topological polar surface area (TPSA) is 38.3 Å². The van der Waals surface area contributed by atoms with Gasteiger partial charge in [0, 0.05) is 18.7 Å². The summed E-state index contributed by atoms with van der Waals surface area (Å²) in [6, 6.07) is 5.69. The Hall–Kier alpha value is -1.06. The zero-order chi connectivity index (χ0) is 12.1. The minimum atomic E-state index is -0.423. The Morgan fingerprint density at radius 1 is 1.56 bits per heavy atom. The number of amides is 1. The van der Waals surface area contributed by atoms with E-state index >= 15 is 0 Å². The van der Waals surface area contributed by atoms with E-state index in [1.165, 1.54) is 7.11 Å². The van der Waals surface area contributed by atoms with Gasteiger partial charge < -0.3 is 10.1 Å². The number of methoxy groups -OCH3 is 1. The number of benzene rings is 1. The van der Waals surface area contributed by atoms with Crippen LogP contribution in [0, 0.1) is 6.92 Å². The predicted molar refractivity (Wildman–Crippen MR) is 64.5 cm³/mol. The maximum absolute atomic E-state index is 11.4. The summed E-state index contributed by atoms with van der Waals surface area (Å²) in [5.41, 5.74) is 2.03. The number of rotatable bonds is 4. The van der Waals surface area contributed by atoms with Gasteiger partial charge in [0.2, 0.25) is 5.91 Å². The molecule has 0 aliphatic carbocycles. The average molecular weight is 242 g/mol. The van der Waals surface area contributed by atoms with Crippen molar-refractivity contribution >= 4 is 17.5 Å². The molecule has 1 aromatic rings. The summed E-state index contributed by atoms with van der Waals surface area (Å²) in [5, 5.41) is 3.53. The van der Waals surface area contributed by atoms with Crippen molar-refractivity contribution in [3.8, 4) is 0 Å². The first-order valence-electron chi connectivity index (χ1n) is 5.10. The second-order valence-electron chi connectivity index (χ2n) is 3.68. The average Bonchev–Trinajstić information content (AvgIpc) is 2.29. The smallest absolute Gasteiger partial charge is 0.249 e. The fourth-order valence-corrected chi connectivity index (χ4v) is 1.37. The van der Waals surface area contributed by atoms with Gasteiger partial charge in [0.1, 0.15) is 6.10 Å². The SMILES string of the molecule is COC(C)C(=O)NCc1ccc(Cl)c(C)c1. The fourth-order valence-electron chi connectivity index (χ4n) is 1.26. The van der Waals surface area contributed by atoms with Crippen molar-refractivity contribution < 1.29 is 9.53 Å². The first-order valence-corrected chi connectivity index (χ1v) is 5.48. The van der Waals surface area contributed by atoms with Crippen LogP contribution in [0.15, 0.2) is 18.2 Å². The second kappa shape index (κ2) is 5.87. The molecule has 0 radical (unpaired) electrons. The van der Waals surface area contributed by atoms with Crippen LogP contribution in [-0.2, 0) is 16.1 Å². The summed E-state index contributed by atoms with van der Waals surface area (Å²) in [7, 11) is 1.51. The normalized spacial score (nSPS) is 12.2. The van der Waals surface area contributed by atoms with E-state index in [1.807, 2.05) is 25.1 Å². The van der Waals surface area contributed by atoms with Crippen LogP contribution in [0.3, 0.4) is 0 Å². The summed E-state index contributed by atoms with van der Waals surface area (Å²) in [6.45, 7) is 4.14. The Morgan fingerprint density at radius 2 is 2.25 bits per heavy atom. The number of halogens is 1. The van der Waals surface area contributed by atoms with Crippen LogP contribution in [0.2, 0.25) is 5.02 Å². The fraction of sp³-hybridized carbons (Fsp3) is 0.417. The highest BCUT2D eigenvalue weighted by molar-refractivity contribution is 6.31. The second-order valence-corrected chi connectivity index (χ2v) is 4.09. The van der Waals surface area contributed by atoms with Gasteiger partial charge in [-0.25, -0.2) is 0 Å². The number of hydrogen-bond acceptors (Lipinski definition) is 2. The maximum Gasteiger partial charge on any atom is 0.249 e. The summed E-state index contributed by atoms with van der Waals surface area (Å²) in [6.07, 6.45) is -0.423. The summed E-state index contributed by atoms with van der Waals surface area (Å²) < 4.78 is 4.91. The van der Waals surface area contributed by atoms with Crippen LogP contribution in [0.5, 0.6) is 0 Å². The van der Waals surface area contributed by atoms with E-state index in [1.54, 1.807) is 6.92 Å². The van der Waals surface area contributed by atoms with Crippen molar-refractivity contribution in [2.24, 2.45) is 0 Å². The Bertz CT molecular complexity index is 379. The van der Waals surface area contributed by atoms with Crippen LogP contribution in [0.4, 0.5) is 0 Å². The molecule has 0 aromatic heterocycles. The van der Waals surface area contributed by atoms with E-state index in [0.29, 0.717) is 6.54 Å². The van der Waals surface area contributed by atoms with E-state index in [4.69, 9.17) is 16.3 Å². The van der Waals surface area contributed by atoms with Gasteiger partial charge in [-0.3, -0.25) is 4.79 Å². The Morgan fingerprint density at radius 3 is 2.81 bits per heavy atom. The van der Waals surface area contributed by atoms with E-state index in [0.717, 1.165) is 16.1 Å². The molecular formula is C12H16ClNO2. The van der Waals surface area contributed by atoms with E-state index < -0.39 is 6.10 Å². The molecule has 0 saturated carbocycles. The minimum absolute atomic E-state index is 0.116. The lowest BCUT2D eigenvalue weighted by atomic mass is 10.1. The van der Waals surface area contributed by atoms with Gasteiger partial charge in [0.15, 0.2) is 0 Å². The van der Waals surface area contributed by atoms with E-state index in [-0.39, 0.29) is 5.91 Å². The molecular weight excluding hydrogens is 226 g/mol. The Kier molecular flexibility index (Phi) is 4.77. The summed E-state index contributed by atoms with van der Waals surface area (Å²) in [4.78, 5) is 11.4. The molecule has 16 heavy (non-hydrogen) atoms. The van der Waals surface area contributed by atoms with Gasteiger partial charge >= 0.3 is 0 Å². The highest BCUT2D eigenvalue weighted by atomic mass is 35.5. The molecule has 0 aliphatic heterocycles. The number of ether oxygens (including phenoxy) is 1. The lowest BCUT2D eigenvalue weighted by Gasteiger charge is -2.10. The van der Waals surface area contributed by atoms with Crippen molar-refractivity contribution in [2.45, 2.75) is 26.5 Å². The third kappa shape index (κ3) is 3.51. The number of carbonyl (C=O) groups is 1. The van der Waals surface area contributed by atoms with Gasteiger partial charge in [0.25, 0.3) is 0 Å². The quantitative estimate of drug-likeness (QED) is 0.879. The van der Waals surface area contributed by atoms with E-state index in [9.17, 15) is 4.79 Å². The molecule has 1 N–H and O–H groups in total. The molecule has 4 heteroatoms. The molecule has 0 spiro atoms. The lowest BCUT2D eigenvalue weighted by Crippen LogP contribution is -2.33. The summed E-state index contributed by atoms with van der Waals surface area (Å²) >= 11 is 5.91. The van der Waals surface area contributed by atoms with Crippen LogP contribution in [0.1, 0.15) is 18.1 Å². The predicted octanol–water partition coefficient (Wildman–Crippen LogP) is 2.30. The van der Waals surface area contributed by atoms with E-state index in [2.05, 4.69) is 5.32 Å². The molecule has 3 nitrogen and oxygen atoms in total. The largest absolute Gasteiger partial charge is 0.372 e. The molecule has 0 bridgehead atoms. The monoisotopic (exact) mass is 241 g/mol. The van der Waals surface area contributed by atoms with Crippen molar-refractivity contribution in [3.63, 3.8) is 0 Å². The van der Waals surface area contributed by atoms with Crippen LogP contribution < -0.4 is 5.32 Å². The summed E-state index contributed by atoms with van der Waals surface area (Å²) in [5.74, 6) is -0.116. The molecule has 0 saturated heterocycles. The van der Waals surface area contributed by atoms with Crippen molar-refractivity contribution in [2.75, 3.05) is 7.11 Å². The molecule has 88 valence electrons. The Balaban J connectivity index is 2.55. The van der Waals surface area contributed by atoms with Crippen molar-refractivity contribution in [1.82, 2.24) is 5.32 Å².